The van der Waals surface area contributed by atoms with Crippen LogP contribution in [0.5, 0.6) is 0 Å². The zero-order valence-corrected chi connectivity index (χ0v) is 8.72. The highest BCUT2D eigenvalue weighted by Gasteiger charge is 2.09. The molecule has 0 radical (unpaired) electrons. The molecule has 0 heterocycles. The van der Waals surface area contributed by atoms with E-state index in [-0.39, 0.29) is 24.2 Å². The minimum atomic E-state index is -0.570. The van der Waals surface area contributed by atoms with E-state index < -0.39 is 11.6 Å². The molecule has 0 N–H and O–H groups in total. The quantitative estimate of drug-likeness (QED) is 0.732. The summed E-state index contributed by atoms with van der Waals surface area (Å²) in [7, 11) is 0. The molecule has 0 saturated heterocycles. The maximum Gasteiger partial charge on any atom is 0.133 e. The van der Waals surface area contributed by atoms with Gasteiger partial charge in [0.25, 0.3) is 0 Å². The van der Waals surface area contributed by atoms with Crippen LogP contribution in [-0.2, 0) is 11.2 Å². The molecule has 0 aromatic heterocycles. The first-order valence-corrected chi connectivity index (χ1v) is 5.09. The Kier molecular flexibility index (Phi) is 4.40. The lowest BCUT2D eigenvalue weighted by molar-refractivity contribution is -0.119. The summed E-state index contributed by atoms with van der Waals surface area (Å²) < 4.78 is 26.3. The van der Waals surface area contributed by atoms with E-state index in [1.807, 2.05) is 6.92 Å². The van der Waals surface area contributed by atoms with Crippen LogP contribution in [0.25, 0.3) is 0 Å². The second-order valence-electron chi connectivity index (χ2n) is 3.49. The first kappa shape index (κ1) is 11.8. The highest BCUT2D eigenvalue weighted by atomic mass is 19.1. The Labute approximate surface area is 88.1 Å². The summed E-state index contributed by atoms with van der Waals surface area (Å²) in [4.78, 5) is 11.2. The summed E-state index contributed by atoms with van der Waals surface area (Å²) in [6.45, 7) is 1.90. The van der Waals surface area contributed by atoms with Crippen LogP contribution in [0.1, 0.15) is 31.7 Å². The molecule has 82 valence electrons. The number of hydrogen-bond donors (Lipinski definition) is 0. The van der Waals surface area contributed by atoms with Crippen molar-refractivity contribution in [2.45, 2.75) is 32.6 Å². The van der Waals surface area contributed by atoms with Gasteiger partial charge in [-0.3, -0.25) is 4.79 Å². The third kappa shape index (κ3) is 3.42. The van der Waals surface area contributed by atoms with Gasteiger partial charge in [0.15, 0.2) is 0 Å². The third-order valence-electron chi connectivity index (χ3n) is 2.24. The van der Waals surface area contributed by atoms with E-state index in [1.165, 1.54) is 18.2 Å². The fourth-order valence-corrected chi connectivity index (χ4v) is 1.44. The van der Waals surface area contributed by atoms with E-state index in [2.05, 4.69) is 0 Å². The molecule has 1 aromatic carbocycles. The van der Waals surface area contributed by atoms with Crippen LogP contribution in [0.2, 0.25) is 0 Å². The first-order valence-electron chi connectivity index (χ1n) is 5.09. The Morgan fingerprint density at radius 3 is 2.33 bits per heavy atom. The second kappa shape index (κ2) is 5.59. The lowest BCUT2D eigenvalue weighted by atomic mass is 10.0. The molecule has 0 aliphatic carbocycles. The summed E-state index contributed by atoms with van der Waals surface area (Å²) in [5.41, 5.74) is 0.0157. The lowest BCUT2D eigenvalue weighted by Crippen LogP contribution is -2.02. The molecular formula is C12H14F2O. The lowest BCUT2D eigenvalue weighted by Gasteiger charge is -2.03. The monoisotopic (exact) mass is 212 g/mol. The predicted molar refractivity (Wildman–Crippen MR) is 54.6 cm³/mol. The van der Waals surface area contributed by atoms with Gasteiger partial charge in [-0.25, -0.2) is 8.78 Å². The minimum Gasteiger partial charge on any atom is -0.300 e. The minimum absolute atomic E-state index is 0.0157. The van der Waals surface area contributed by atoms with E-state index in [0.29, 0.717) is 6.42 Å². The SMILES string of the molecule is CCCC(=O)CCc1c(F)cccc1F. The van der Waals surface area contributed by atoms with Gasteiger partial charge in [0, 0.05) is 18.4 Å². The van der Waals surface area contributed by atoms with Gasteiger partial charge in [-0.2, -0.15) is 0 Å². The van der Waals surface area contributed by atoms with Crippen LogP contribution < -0.4 is 0 Å². The smallest absolute Gasteiger partial charge is 0.133 e. The van der Waals surface area contributed by atoms with Crippen LogP contribution >= 0.6 is 0 Å². The molecule has 0 amide bonds. The average molecular weight is 212 g/mol. The van der Waals surface area contributed by atoms with Crippen LogP contribution in [0.3, 0.4) is 0 Å². The number of carbonyl (C=O) groups is 1. The van der Waals surface area contributed by atoms with Gasteiger partial charge < -0.3 is 0 Å². The summed E-state index contributed by atoms with van der Waals surface area (Å²) in [6.07, 6.45) is 1.62. The zero-order chi connectivity index (χ0) is 11.3. The molecule has 15 heavy (non-hydrogen) atoms. The third-order valence-corrected chi connectivity index (χ3v) is 2.24. The maximum atomic E-state index is 13.1. The molecule has 1 nitrogen and oxygen atoms in total. The number of hydrogen-bond acceptors (Lipinski definition) is 1. The van der Waals surface area contributed by atoms with Gasteiger partial charge in [-0.15, -0.1) is 0 Å². The molecule has 0 aliphatic heterocycles. The van der Waals surface area contributed by atoms with Crippen molar-refractivity contribution in [3.63, 3.8) is 0 Å². The van der Waals surface area contributed by atoms with Gasteiger partial charge in [0.1, 0.15) is 17.4 Å². The predicted octanol–water partition coefficient (Wildman–Crippen LogP) is 3.27. The fraction of sp³-hybridized carbons (Fsp3) is 0.417. The number of carbonyl (C=O) groups excluding carboxylic acids is 1. The Morgan fingerprint density at radius 2 is 1.80 bits per heavy atom. The Morgan fingerprint density at radius 1 is 1.20 bits per heavy atom. The molecule has 0 fully saturated rings. The second-order valence-corrected chi connectivity index (χ2v) is 3.49. The summed E-state index contributed by atoms with van der Waals surface area (Å²) in [5.74, 6) is -1.08. The first-order chi connectivity index (χ1) is 7.15. The average Bonchev–Trinajstić information content (AvgIpc) is 2.17. The molecule has 0 unspecified atom stereocenters. The van der Waals surface area contributed by atoms with Crippen molar-refractivity contribution in [2.75, 3.05) is 0 Å². The topological polar surface area (TPSA) is 17.1 Å². The maximum absolute atomic E-state index is 13.1. The van der Waals surface area contributed by atoms with Crippen molar-refractivity contribution in [3.05, 3.63) is 35.4 Å². The number of ketones is 1. The molecule has 0 saturated carbocycles. The van der Waals surface area contributed by atoms with Gasteiger partial charge in [0.05, 0.1) is 0 Å². The molecule has 0 aliphatic rings. The zero-order valence-electron chi connectivity index (χ0n) is 8.72. The van der Waals surface area contributed by atoms with E-state index in [9.17, 15) is 13.6 Å². The highest BCUT2D eigenvalue weighted by molar-refractivity contribution is 5.78. The summed E-state index contributed by atoms with van der Waals surface area (Å²) in [5, 5.41) is 0. The van der Waals surface area contributed by atoms with Crippen LogP contribution in [0, 0.1) is 11.6 Å². The van der Waals surface area contributed by atoms with Gasteiger partial charge in [-0.1, -0.05) is 13.0 Å². The normalized spacial score (nSPS) is 10.3. The van der Waals surface area contributed by atoms with Crippen molar-refractivity contribution in [1.29, 1.82) is 0 Å². The van der Waals surface area contributed by atoms with Crippen LogP contribution in [0.4, 0.5) is 8.78 Å². The molecule has 1 rings (SSSR count). The molecule has 1 aromatic rings. The van der Waals surface area contributed by atoms with Crippen molar-refractivity contribution in [3.8, 4) is 0 Å². The van der Waals surface area contributed by atoms with E-state index >= 15 is 0 Å². The number of benzene rings is 1. The standard InChI is InChI=1S/C12H14F2O/c1-2-4-9(15)7-8-10-11(13)5-3-6-12(10)14/h3,5-6H,2,4,7-8H2,1H3. The van der Waals surface area contributed by atoms with Crippen LogP contribution in [0.15, 0.2) is 18.2 Å². The van der Waals surface area contributed by atoms with Gasteiger partial charge in [0.2, 0.25) is 0 Å². The molecule has 0 atom stereocenters. The largest absolute Gasteiger partial charge is 0.300 e. The van der Waals surface area contributed by atoms with Crippen molar-refractivity contribution in [2.24, 2.45) is 0 Å². The molecular weight excluding hydrogens is 198 g/mol. The van der Waals surface area contributed by atoms with E-state index in [0.717, 1.165) is 6.42 Å². The van der Waals surface area contributed by atoms with Crippen molar-refractivity contribution >= 4 is 5.78 Å². The Balaban J connectivity index is 2.61. The Hall–Kier alpha value is -1.25. The van der Waals surface area contributed by atoms with Crippen molar-refractivity contribution < 1.29 is 13.6 Å². The van der Waals surface area contributed by atoms with Crippen LogP contribution in [-0.4, -0.2) is 5.78 Å². The summed E-state index contributed by atoms with van der Waals surface area (Å²) >= 11 is 0. The molecule has 0 spiro atoms. The molecule has 3 heteroatoms. The van der Waals surface area contributed by atoms with E-state index in [4.69, 9.17) is 0 Å². The summed E-state index contributed by atoms with van der Waals surface area (Å²) in [6, 6.07) is 3.74. The van der Waals surface area contributed by atoms with Gasteiger partial charge >= 0.3 is 0 Å². The van der Waals surface area contributed by atoms with E-state index in [1.54, 1.807) is 0 Å². The molecule has 0 bridgehead atoms. The van der Waals surface area contributed by atoms with Crippen molar-refractivity contribution in [1.82, 2.24) is 0 Å². The fourth-order valence-electron chi connectivity index (χ4n) is 1.44. The number of halogens is 2. The number of rotatable bonds is 5. The number of Topliss-reactive ketones (excluding diaryl/α,β-unsaturated/α-hetero) is 1. The highest BCUT2D eigenvalue weighted by Crippen LogP contribution is 2.14. The Bertz CT molecular complexity index is 327. The van der Waals surface area contributed by atoms with Gasteiger partial charge in [-0.05, 0) is 25.0 Å².